The molecule has 0 amide bonds. The Morgan fingerprint density at radius 1 is 1.32 bits per heavy atom. The molecule has 1 N–H and O–H groups in total. The number of rotatable bonds is 4. The molecule has 1 aromatic rings. The molecular formula is C14H21N3OS. The highest BCUT2D eigenvalue weighted by atomic mass is 32.2. The molecule has 0 radical (unpaired) electrons. The first-order valence-electron chi connectivity index (χ1n) is 7.14. The minimum Gasteiger partial charge on any atom is -0.370 e. The van der Waals surface area contributed by atoms with Crippen LogP contribution in [0.4, 0.5) is 5.82 Å². The van der Waals surface area contributed by atoms with Crippen molar-refractivity contribution < 1.29 is 4.74 Å². The zero-order valence-corrected chi connectivity index (χ0v) is 12.4. The molecule has 2 aliphatic rings. The van der Waals surface area contributed by atoms with Gasteiger partial charge in [-0.05, 0) is 26.2 Å². The molecule has 0 aromatic carbocycles. The molecule has 4 nitrogen and oxygen atoms in total. The topological polar surface area (TPSA) is 47.0 Å². The van der Waals surface area contributed by atoms with E-state index in [0.29, 0.717) is 6.10 Å². The number of nitrogens with zero attached hydrogens (tertiary/aromatic N) is 2. The number of hydrogen-bond donors (Lipinski definition) is 1. The number of nitrogens with one attached hydrogen (secondary N) is 1. The average molecular weight is 279 g/mol. The molecule has 104 valence electrons. The Labute approximate surface area is 118 Å². The SMILES string of the molecule is CCCNc1nc(C2CCC(C)O2)nc2c1CSC2. The van der Waals surface area contributed by atoms with Crippen molar-refractivity contribution in [3.05, 3.63) is 17.1 Å². The molecule has 0 aliphatic carbocycles. The van der Waals surface area contributed by atoms with E-state index in [9.17, 15) is 0 Å². The van der Waals surface area contributed by atoms with Gasteiger partial charge in [-0.15, -0.1) is 0 Å². The molecule has 0 saturated carbocycles. The number of hydrogen-bond acceptors (Lipinski definition) is 5. The van der Waals surface area contributed by atoms with E-state index in [-0.39, 0.29) is 6.10 Å². The summed E-state index contributed by atoms with van der Waals surface area (Å²) in [4.78, 5) is 9.48. The van der Waals surface area contributed by atoms with Gasteiger partial charge >= 0.3 is 0 Å². The van der Waals surface area contributed by atoms with E-state index >= 15 is 0 Å². The van der Waals surface area contributed by atoms with Crippen molar-refractivity contribution in [2.75, 3.05) is 11.9 Å². The summed E-state index contributed by atoms with van der Waals surface area (Å²) in [6.45, 7) is 5.26. The maximum absolute atomic E-state index is 5.91. The summed E-state index contributed by atoms with van der Waals surface area (Å²) in [5, 5.41) is 3.45. The van der Waals surface area contributed by atoms with Gasteiger partial charge in [0, 0.05) is 23.6 Å². The van der Waals surface area contributed by atoms with E-state index in [0.717, 1.165) is 49.0 Å². The summed E-state index contributed by atoms with van der Waals surface area (Å²) in [7, 11) is 0. The Morgan fingerprint density at radius 3 is 2.95 bits per heavy atom. The molecule has 0 spiro atoms. The summed E-state index contributed by atoms with van der Waals surface area (Å²) in [6.07, 6.45) is 3.69. The van der Waals surface area contributed by atoms with Crippen molar-refractivity contribution in [1.82, 2.24) is 9.97 Å². The highest BCUT2D eigenvalue weighted by Crippen LogP contribution is 2.36. The number of ether oxygens (including phenoxy) is 1. The van der Waals surface area contributed by atoms with Gasteiger partial charge in [-0.1, -0.05) is 6.92 Å². The summed E-state index contributed by atoms with van der Waals surface area (Å²) < 4.78 is 5.91. The number of thioether (sulfide) groups is 1. The van der Waals surface area contributed by atoms with Gasteiger partial charge < -0.3 is 10.1 Å². The van der Waals surface area contributed by atoms with Crippen LogP contribution in [-0.4, -0.2) is 22.6 Å². The standard InChI is InChI=1S/C14H21N3OS/c1-3-6-15-13-10-7-19-8-11(10)16-14(17-13)12-5-4-9(2)18-12/h9,12H,3-8H2,1-2H3,(H,15,16,17). The fourth-order valence-corrected chi connectivity index (χ4v) is 3.64. The predicted octanol–water partition coefficient (Wildman–Crippen LogP) is 3.29. The lowest BCUT2D eigenvalue weighted by Crippen LogP contribution is -2.12. The van der Waals surface area contributed by atoms with Gasteiger partial charge in [-0.3, -0.25) is 0 Å². The Kier molecular flexibility index (Phi) is 3.93. The molecule has 2 unspecified atom stereocenters. The summed E-state index contributed by atoms with van der Waals surface area (Å²) in [5.74, 6) is 3.96. The largest absolute Gasteiger partial charge is 0.370 e. The van der Waals surface area contributed by atoms with Crippen LogP contribution in [0.3, 0.4) is 0 Å². The highest BCUT2D eigenvalue weighted by molar-refractivity contribution is 7.98. The summed E-state index contributed by atoms with van der Waals surface area (Å²) in [6, 6.07) is 0. The third kappa shape index (κ3) is 2.72. The second-order valence-corrected chi connectivity index (χ2v) is 6.27. The highest BCUT2D eigenvalue weighted by Gasteiger charge is 2.28. The van der Waals surface area contributed by atoms with Gasteiger partial charge in [0.2, 0.25) is 0 Å². The van der Waals surface area contributed by atoms with Crippen LogP contribution in [0.2, 0.25) is 0 Å². The third-order valence-corrected chi connectivity index (χ3v) is 4.63. The quantitative estimate of drug-likeness (QED) is 0.916. The average Bonchev–Trinajstić information content (AvgIpc) is 3.03. The third-order valence-electron chi connectivity index (χ3n) is 3.66. The smallest absolute Gasteiger partial charge is 0.159 e. The van der Waals surface area contributed by atoms with Gasteiger partial charge in [0.1, 0.15) is 11.9 Å². The molecule has 3 heterocycles. The molecule has 2 aliphatic heterocycles. The Bertz CT molecular complexity index is 466. The molecule has 1 fully saturated rings. The lowest BCUT2D eigenvalue weighted by Gasteiger charge is -2.14. The van der Waals surface area contributed by atoms with Crippen molar-refractivity contribution in [1.29, 1.82) is 0 Å². The second-order valence-electron chi connectivity index (χ2n) is 5.29. The minimum absolute atomic E-state index is 0.0908. The first-order valence-corrected chi connectivity index (χ1v) is 8.30. The fourth-order valence-electron chi connectivity index (χ4n) is 2.60. The molecule has 2 atom stereocenters. The van der Waals surface area contributed by atoms with Crippen molar-refractivity contribution >= 4 is 17.6 Å². The van der Waals surface area contributed by atoms with E-state index in [2.05, 4.69) is 19.2 Å². The van der Waals surface area contributed by atoms with Crippen LogP contribution >= 0.6 is 11.8 Å². The van der Waals surface area contributed by atoms with Crippen molar-refractivity contribution in [3.8, 4) is 0 Å². The number of aromatic nitrogens is 2. The Balaban J connectivity index is 1.88. The monoisotopic (exact) mass is 279 g/mol. The van der Waals surface area contributed by atoms with Crippen LogP contribution in [0.5, 0.6) is 0 Å². The van der Waals surface area contributed by atoms with Crippen LogP contribution in [0, 0.1) is 0 Å². The first kappa shape index (κ1) is 13.2. The van der Waals surface area contributed by atoms with Crippen molar-refractivity contribution in [2.24, 2.45) is 0 Å². The zero-order valence-electron chi connectivity index (χ0n) is 11.6. The van der Waals surface area contributed by atoms with E-state index in [1.807, 2.05) is 11.8 Å². The normalized spacial score (nSPS) is 25.6. The maximum atomic E-state index is 5.91. The van der Waals surface area contributed by atoms with Gasteiger partial charge in [0.05, 0.1) is 11.8 Å². The predicted molar refractivity (Wildman–Crippen MR) is 78.3 cm³/mol. The minimum atomic E-state index is 0.0908. The van der Waals surface area contributed by atoms with Crippen LogP contribution in [-0.2, 0) is 16.2 Å². The molecular weight excluding hydrogens is 258 g/mol. The van der Waals surface area contributed by atoms with Crippen molar-refractivity contribution in [2.45, 2.75) is 56.8 Å². The molecule has 0 bridgehead atoms. The fraction of sp³-hybridized carbons (Fsp3) is 0.714. The second kappa shape index (κ2) is 5.67. The van der Waals surface area contributed by atoms with E-state index in [1.165, 1.54) is 11.3 Å². The lowest BCUT2D eigenvalue weighted by molar-refractivity contribution is 0.0502. The Hall–Kier alpha value is -0.810. The van der Waals surface area contributed by atoms with E-state index in [4.69, 9.17) is 14.7 Å². The van der Waals surface area contributed by atoms with E-state index in [1.54, 1.807) is 0 Å². The molecule has 5 heteroatoms. The van der Waals surface area contributed by atoms with Crippen molar-refractivity contribution in [3.63, 3.8) is 0 Å². The first-order chi connectivity index (χ1) is 9.28. The van der Waals surface area contributed by atoms with Crippen LogP contribution < -0.4 is 5.32 Å². The molecule has 19 heavy (non-hydrogen) atoms. The maximum Gasteiger partial charge on any atom is 0.159 e. The van der Waals surface area contributed by atoms with Crippen LogP contribution in [0.25, 0.3) is 0 Å². The number of fused-ring (bicyclic) bond motifs is 1. The van der Waals surface area contributed by atoms with Gasteiger partial charge in [0.15, 0.2) is 5.82 Å². The summed E-state index contributed by atoms with van der Waals surface area (Å²) in [5.41, 5.74) is 2.50. The van der Waals surface area contributed by atoms with Gasteiger partial charge in [-0.25, -0.2) is 9.97 Å². The molecule has 1 saturated heterocycles. The number of anilines is 1. The Morgan fingerprint density at radius 2 is 2.21 bits per heavy atom. The van der Waals surface area contributed by atoms with Crippen LogP contribution in [0.15, 0.2) is 0 Å². The van der Waals surface area contributed by atoms with Crippen LogP contribution in [0.1, 0.15) is 56.3 Å². The van der Waals surface area contributed by atoms with Gasteiger partial charge in [0.25, 0.3) is 0 Å². The molecule has 3 rings (SSSR count). The molecule has 1 aromatic heterocycles. The summed E-state index contributed by atoms with van der Waals surface area (Å²) >= 11 is 1.92. The van der Waals surface area contributed by atoms with E-state index < -0.39 is 0 Å². The zero-order chi connectivity index (χ0) is 13.2. The lowest BCUT2D eigenvalue weighted by atomic mass is 10.2. The van der Waals surface area contributed by atoms with Gasteiger partial charge in [-0.2, -0.15) is 11.8 Å².